The first kappa shape index (κ1) is 10.5. The fraction of sp³-hybridized carbons (Fsp3) is 0.400. The molecule has 1 nitrogen and oxygen atoms in total. The molecule has 0 aliphatic heterocycles. The third-order valence-electron chi connectivity index (χ3n) is 1.96. The minimum absolute atomic E-state index is 0.237. The van der Waals surface area contributed by atoms with Crippen molar-refractivity contribution >= 4 is 11.6 Å². The lowest BCUT2D eigenvalue weighted by Crippen LogP contribution is -1.97. The first-order valence-electron chi connectivity index (χ1n) is 4.16. The second kappa shape index (κ2) is 4.58. The van der Waals surface area contributed by atoms with E-state index >= 15 is 0 Å². The molecular formula is C10H12ClFN-. The van der Waals surface area contributed by atoms with Crippen molar-refractivity contribution in [3.05, 3.63) is 39.4 Å². The van der Waals surface area contributed by atoms with Gasteiger partial charge in [0.2, 0.25) is 0 Å². The maximum atomic E-state index is 13.2. The summed E-state index contributed by atoms with van der Waals surface area (Å²) in [5, 5.41) is 4.45. The van der Waals surface area contributed by atoms with Gasteiger partial charge in [0.15, 0.2) is 0 Å². The van der Waals surface area contributed by atoms with E-state index in [1.807, 2.05) is 6.92 Å². The number of aryl methyl sites for hydroxylation is 1. The monoisotopic (exact) mass is 200 g/mol. The summed E-state index contributed by atoms with van der Waals surface area (Å²) in [6.45, 7) is 2.48. The molecule has 0 aliphatic rings. The minimum Gasteiger partial charge on any atom is -0.665 e. The average molecular weight is 201 g/mol. The van der Waals surface area contributed by atoms with E-state index in [1.54, 1.807) is 13.1 Å². The van der Waals surface area contributed by atoms with Crippen molar-refractivity contribution in [3.8, 4) is 0 Å². The Bertz CT molecular complexity index is 299. The molecule has 72 valence electrons. The van der Waals surface area contributed by atoms with Gasteiger partial charge in [-0.15, -0.1) is 6.54 Å². The molecule has 0 atom stereocenters. The summed E-state index contributed by atoms with van der Waals surface area (Å²) in [5.74, 6) is -0.237. The lowest BCUT2D eigenvalue weighted by molar-refractivity contribution is 0.610. The van der Waals surface area contributed by atoms with Crippen LogP contribution in [0.3, 0.4) is 0 Å². The van der Waals surface area contributed by atoms with Gasteiger partial charge in [0.1, 0.15) is 5.82 Å². The van der Waals surface area contributed by atoms with E-state index < -0.39 is 0 Å². The Morgan fingerprint density at radius 1 is 1.46 bits per heavy atom. The Morgan fingerprint density at radius 2 is 2.15 bits per heavy atom. The largest absolute Gasteiger partial charge is 0.665 e. The number of halogens is 2. The van der Waals surface area contributed by atoms with Gasteiger partial charge in [-0.2, -0.15) is 7.05 Å². The third-order valence-corrected chi connectivity index (χ3v) is 2.49. The van der Waals surface area contributed by atoms with Crippen LogP contribution in [0, 0.1) is 12.7 Å². The van der Waals surface area contributed by atoms with E-state index in [4.69, 9.17) is 11.6 Å². The number of hydrogen-bond acceptors (Lipinski definition) is 0. The van der Waals surface area contributed by atoms with Gasteiger partial charge in [-0.05, 0) is 25.0 Å². The molecule has 1 aromatic rings. The Hall–Kier alpha value is -0.600. The van der Waals surface area contributed by atoms with Crippen LogP contribution in [0.25, 0.3) is 5.32 Å². The summed E-state index contributed by atoms with van der Waals surface area (Å²) in [6.07, 6.45) is 0.572. The van der Waals surface area contributed by atoms with E-state index in [9.17, 15) is 4.39 Å². The summed E-state index contributed by atoms with van der Waals surface area (Å²) < 4.78 is 13.2. The molecule has 0 fully saturated rings. The molecule has 13 heavy (non-hydrogen) atoms. The minimum atomic E-state index is -0.237. The molecule has 0 heterocycles. The zero-order chi connectivity index (χ0) is 9.84. The van der Waals surface area contributed by atoms with Crippen molar-refractivity contribution in [3.63, 3.8) is 0 Å². The first-order valence-corrected chi connectivity index (χ1v) is 4.53. The highest BCUT2D eigenvalue weighted by Crippen LogP contribution is 2.23. The van der Waals surface area contributed by atoms with Crippen molar-refractivity contribution in [2.75, 3.05) is 13.6 Å². The van der Waals surface area contributed by atoms with Crippen LogP contribution >= 0.6 is 11.6 Å². The molecule has 0 radical (unpaired) electrons. The quantitative estimate of drug-likeness (QED) is 0.711. The second-order valence-electron chi connectivity index (χ2n) is 2.95. The molecule has 0 N–H and O–H groups in total. The highest BCUT2D eigenvalue weighted by molar-refractivity contribution is 6.32. The Morgan fingerprint density at radius 3 is 2.77 bits per heavy atom. The van der Waals surface area contributed by atoms with Crippen LogP contribution in [0.15, 0.2) is 12.1 Å². The maximum absolute atomic E-state index is 13.2. The molecule has 0 amide bonds. The van der Waals surface area contributed by atoms with Crippen LogP contribution in [0.4, 0.5) is 4.39 Å². The van der Waals surface area contributed by atoms with Gasteiger partial charge in [0.25, 0.3) is 0 Å². The van der Waals surface area contributed by atoms with Crippen LogP contribution in [0.5, 0.6) is 0 Å². The van der Waals surface area contributed by atoms with E-state index in [2.05, 4.69) is 5.32 Å². The lowest BCUT2D eigenvalue weighted by atomic mass is 10.1. The van der Waals surface area contributed by atoms with Gasteiger partial charge >= 0.3 is 0 Å². The molecule has 0 bridgehead atoms. The van der Waals surface area contributed by atoms with Gasteiger partial charge < -0.3 is 5.32 Å². The van der Waals surface area contributed by atoms with Gasteiger partial charge in [-0.3, -0.25) is 0 Å². The molecule has 0 aromatic heterocycles. The zero-order valence-electron chi connectivity index (χ0n) is 7.77. The number of hydrogen-bond donors (Lipinski definition) is 0. The maximum Gasteiger partial charge on any atom is 0.127 e. The lowest BCUT2D eigenvalue weighted by Gasteiger charge is -2.13. The van der Waals surface area contributed by atoms with Gasteiger partial charge in [-0.25, -0.2) is 4.39 Å². The van der Waals surface area contributed by atoms with Crippen LogP contribution in [-0.2, 0) is 6.42 Å². The number of nitrogens with zero attached hydrogens (tertiary/aromatic N) is 1. The molecule has 1 aromatic carbocycles. The third kappa shape index (κ3) is 2.42. The van der Waals surface area contributed by atoms with Crippen LogP contribution in [0.1, 0.15) is 11.1 Å². The fourth-order valence-corrected chi connectivity index (χ4v) is 1.42. The first-order chi connectivity index (χ1) is 6.16. The summed E-state index contributed by atoms with van der Waals surface area (Å²) in [7, 11) is 1.71. The summed E-state index contributed by atoms with van der Waals surface area (Å²) >= 11 is 5.95. The van der Waals surface area contributed by atoms with Gasteiger partial charge in [0.05, 0.1) is 0 Å². The van der Waals surface area contributed by atoms with E-state index in [1.165, 1.54) is 6.07 Å². The van der Waals surface area contributed by atoms with Crippen LogP contribution < -0.4 is 0 Å². The van der Waals surface area contributed by atoms with Crippen molar-refractivity contribution in [1.82, 2.24) is 0 Å². The predicted molar refractivity (Wildman–Crippen MR) is 54.0 cm³/mol. The summed E-state index contributed by atoms with van der Waals surface area (Å²) in [6, 6.07) is 3.14. The van der Waals surface area contributed by atoms with Crippen LogP contribution in [0.2, 0.25) is 5.02 Å². The molecule has 3 heteroatoms. The highest BCUT2D eigenvalue weighted by Gasteiger charge is 2.06. The van der Waals surface area contributed by atoms with E-state index in [-0.39, 0.29) is 5.82 Å². The van der Waals surface area contributed by atoms with Gasteiger partial charge in [-0.1, -0.05) is 17.7 Å². The van der Waals surface area contributed by atoms with Crippen molar-refractivity contribution in [2.24, 2.45) is 0 Å². The summed E-state index contributed by atoms with van der Waals surface area (Å²) in [5.41, 5.74) is 1.49. The average Bonchev–Trinajstić information content (AvgIpc) is 2.12. The molecule has 1 rings (SSSR count). The molecule has 0 aliphatic carbocycles. The van der Waals surface area contributed by atoms with Crippen molar-refractivity contribution in [1.29, 1.82) is 0 Å². The van der Waals surface area contributed by atoms with E-state index in [0.29, 0.717) is 23.6 Å². The predicted octanol–water partition coefficient (Wildman–Crippen LogP) is 3.33. The number of likely N-dealkylation sites (N-methyl/N-ethyl adjacent to an activating group) is 1. The normalized spacial score (nSPS) is 10.5. The standard InChI is InChI=1S/C10H12ClFN/c1-7-3-4-9(12)8(10(7)11)5-6-13-2/h3-4H,5-6H2,1-2H3/q-1. The van der Waals surface area contributed by atoms with Crippen molar-refractivity contribution < 1.29 is 4.39 Å². The van der Waals surface area contributed by atoms with Crippen molar-refractivity contribution in [2.45, 2.75) is 13.3 Å². The number of benzene rings is 1. The Labute approximate surface area is 82.9 Å². The zero-order valence-corrected chi connectivity index (χ0v) is 8.53. The van der Waals surface area contributed by atoms with Crippen LogP contribution in [-0.4, -0.2) is 13.6 Å². The fourth-order valence-electron chi connectivity index (χ4n) is 1.17. The SMILES string of the molecule is C[N-]CCc1c(F)ccc(C)c1Cl. The topological polar surface area (TPSA) is 14.1 Å². The summed E-state index contributed by atoms with van der Waals surface area (Å²) in [4.78, 5) is 0. The van der Waals surface area contributed by atoms with E-state index in [0.717, 1.165) is 5.56 Å². The second-order valence-corrected chi connectivity index (χ2v) is 3.32. The smallest absolute Gasteiger partial charge is 0.127 e. The molecule has 0 saturated heterocycles. The molecule has 0 unspecified atom stereocenters. The molecule has 0 saturated carbocycles. The molecule has 0 spiro atoms. The van der Waals surface area contributed by atoms with Gasteiger partial charge in [0, 0.05) is 10.6 Å². The highest BCUT2D eigenvalue weighted by atomic mass is 35.5. The Balaban J connectivity index is 2.96. The number of rotatable bonds is 3. The molecular weight excluding hydrogens is 189 g/mol. The Kier molecular flexibility index (Phi) is 3.70.